The number of anilines is 3. The van der Waals surface area contributed by atoms with Crippen molar-refractivity contribution in [1.29, 1.82) is 0 Å². The van der Waals surface area contributed by atoms with Gasteiger partial charge in [0.1, 0.15) is 5.75 Å². The number of aryl methyl sites for hydroxylation is 1. The summed E-state index contributed by atoms with van der Waals surface area (Å²) in [6, 6.07) is 13.6. The van der Waals surface area contributed by atoms with Crippen molar-refractivity contribution >= 4 is 23.5 Å². The fourth-order valence-corrected chi connectivity index (χ4v) is 2.06. The third-order valence-corrected chi connectivity index (χ3v) is 3.23. The molecule has 23 heavy (non-hydrogen) atoms. The molecule has 0 bridgehead atoms. The van der Waals surface area contributed by atoms with Gasteiger partial charge < -0.3 is 16.2 Å². The fourth-order valence-electron chi connectivity index (χ4n) is 2.06. The molecule has 0 aliphatic carbocycles. The third kappa shape index (κ3) is 3.13. The summed E-state index contributed by atoms with van der Waals surface area (Å²) in [4.78, 5) is 16.4. The van der Waals surface area contributed by atoms with Gasteiger partial charge in [-0.15, -0.1) is 5.10 Å². The molecule has 0 saturated heterocycles. The zero-order valence-electron chi connectivity index (χ0n) is 12.4. The van der Waals surface area contributed by atoms with Crippen LogP contribution in [0.2, 0.25) is 0 Å². The maximum Gasteiger partial charge on any atom is 0.281 e. The van der Waals surface area contributed by atoms with Crippen molar-refractivity contribution in [1.82, 2.24) is 14.8 Å². The normalized spacial score (nSPS) is 10.5. The summed E-state index contributed by atoms with van der Waals surface area (Å²) in [5.41, 5.74) is 7.88. The van der Waals surface area contributed by atoms with E-state index in [2.05, 4.69) is 15.4 Å². The first-order chi connectivity index (χ1) is 11.0. The highest BCUT2D eigenvalue weighted by Crippen LogP contribution is 2.19. The van der Waals surface area contributed by atoms with E-state index >= 15 is 0 Å². The van der Waals surface area contributed by atoms with E-state index in [1.807, 2.05) is 19.1 Å². The molecular weight excluding hydrogens is 294 g/mol. The molecule has 2 aromatic carbocycles. The molecule has 1 aromatic heterocycles. The number of nitrogen functional groups attached to an aromatic ring is 1. The van der Waals surface area contributed by atoms with E-state index in [4.69, 9.17) is 5.73 Å². The first-order valence-corrected chi connectivity index (χ1v) is 6.93. The second kappa shape index (κ2) is 5.80. The van der Waals surface area contributed by atoms with Crippen molar-refractivity contribution in [2.24, 2.45) is 0 Å². The molecule has 3 rings (SSSR count). The zero-order chi connectivity index (χ0) is 16.4. The minimum atomic E-state index is -0.362. The summed E-state index contributed by atoms with van der Waals surface area (Å²) in [5, 5.41) is 16.4. The molecule has 0 aliphatic heterocycles. The van der Waals surface area contributed by atoms with Crippen LogP contribution < -0.4 is 11.1 Å². The summed E-state index contributed by atoms with van der Waals surface area (Å²) in [5.74, 6) is -0.0936. The van der Waals surface area contributed by atoms with Gasteiger partial charge in [-0.05, 0) is 31.2 Å². The quantitative estimate of drug-likeness (QED) is 0.685. The van der Waals surface area contributed by atoms with Crippen LogP contribution in [0.3, 0.4) is 0 Å². The van der Waals surface area contributed by atoms with E-state index in [1.54, 1.807) is 30.3 Å². The Kier molecular flexibility index (Phi) is 3.68. The lowest BCUT2D eigenvalue weighted by Crippen LogP contribution is -2.16. The predicted molar refractivity (Wildman–Crippen MR) is 86.7 cm³/mol. The number of aromatic hydroxyl groups is 1. The number of hydrogen-bond acceptors (Lipinski definition) is 6. The Balaban J connectivity index is 1.86. The van der Waals surface area contributed by atoms with Crippen LogP contribution in [0.15, 0.2) is 48.5 Å². The largest absolute Gasteiger partial charge is 0.508 e. The summed E-state index contributed by atoms with van der Waals surface area (Å²) in [7, 11) is 0. The second-order valence-electron chi connectivity index (χ2n) is 5.05. The van der Waals surface area contributed by atoms with Crippen LogP contribution in [0, 0.1) is 6.92 Å². The van der Waals surface area contributed by atoms with Crippen molar-refractivity contribution in [3.63, 3.8) is 0 Å². The molecule has 116 valence electrons. The summed E-state index contributed by atoms with van der Waals surface area (Å²) < 4.78 is 1.04. The van der Waals surface area contributed by atoms with Crippen LogP contribution in [-0.2, 0) is 0 Å². The molecule has 0 atom stereocenters. The molecule has 0 aliphatic rings. The van der Waals surface area contributed by atoms with Gasteiger partial charge in [-0.25, -0.2) is 0 Å². The Morgan fingerprint density at radius 3 is 2.65 bits per heavy atom. The first-order valence-electron chi connectivity index (χ1n) is 6.93. The average molecular weight is 309 g/mol. The van der Waals surface area contributed by atoms with Gasteiger partial charge in [0.2, 0.25) is 11.9 Å². The number of aromatic nitrogens is 3. The van der Waals surface area contributed by atoms with Crippen LogP contribution in [0.1, 0.15) is 15.9 Å². The minimum absolute atomic E-state index is 0.0155. The molecule has 0 unspecified atom stereocenters. The van der Waals surface area contributed by atoms with E-state index in [0.29, 0.717) is 11.3 Å². The van der Waals surface area contributed by atoms with Crippen molar-refractivity contribution < 1.29 is 9.90 Å². The van der Waals surface area contributed by atoms with Crippen LogP contribution in [0.5, 0.6) is 5.75 Å². The molecule has 0 radical (unpaired) electrons. The van der Waals surface area contributed by atoms with E-state index in [0.717, 1.165) is 10.2 Å². The van der Waals surface area contributed by atoms with Crippen molar-refractivity contribution in [2.75, 3.05) is 11.1 Å². The highest BCUT2D eigenvalue weighted by molar-refractivity contribution is 5.96. The van der Waals surface area contributed by atoms with Gasteiger partial charge in [0.25, 0.3) is 5.91 Å². The summed E-state index contributed by atoms with van der Waals surface area (Å²) >= 11 is 0. The van der Waals surface area contributed by atoms with Crippen LogP contribution >= 0.6 is 0 Å². The maximum atomic E-state index is 12.4. The standard InChI is InChI=1S/C16H15N5O2/c1-10-5-7-11(8-6-10)14(23)21-15(17)19-16(20-21)18-12-3-2-4-13(22)9-12/h2-9,22H,1H3,(H3,17,18,19,20). The smallest absolute Gasteiger partial charge is 0.281 e. The SMILES string of the molecule is Cc1ccc(C(=O)n2nc(Nc3cccc(O)c3)nc2N)cc1. The lowest BCUT2D eigenvalue weighted by atomic mass is 10.1. The molecule has 7 nitrogen and oxygen atoms in total. The number of nitrogens with zero attached hydrogens (tertiary/aromatic N) is 3. The predicted octanol–water partition coefficient (Wildman–Crippen LogP) is 2.31. The highest BCUT2D eigenvalue weighted by atomic mass is 16.3. The molecule has 0 fully saturated rings. The van der Waals surface area contributed by atoms with Gasteiger partial charge in [0.05, 0.1) is 0 Å². The van der Waals surface area contributed by atoms with Gasteiger partial charge in [0, 0.05) is 17.3 Å². The fraction of sp³-hybridized carbons (Fsp3) is 0.0625. The zero-order valence-corrected chi connectivity index (χ0v) is 12.4. The van der Waals surface area contributed by atoms with E-state index < -0.39 is 0 Å². The van der Waals surface area contributed by atoms with Gasteiger partial charge >= 0.3 is 0 Å². The number of nitrogens with two attached hydrogens (primary N) is 1. The summed E-state index contributed by atoms with van der Waals surface area (Å²) in [6.07, 6.45) is 0. The lowest BCUT2D eigenvalue weighted by Gasteiger charge is -2.02. The lowest BCUT2D eigenvalue weighted by molar-refractivity contribution is 0.0948. The molecule has 0 amide bonds. The highest BCUT2D eigenvalue weighted by Gasteiger charge is 2.16. The number of carbonyl (C=O) groups is 1. The maximum absolute atomic E-state index is 12.4. The summed E-state index contributed by atoms with van der Waals surface area (Å²) in [6.45, 7) is 1.94. The van der Waals surface area contributed by atoms with Crippen LogP contribution in [0.4, 0.5) is 17.6 Å². The van der Waals surface area contributed by atoms with Gasteiger partial charge in [-0.1, -0.05) is 23.8 Å². The molecule has 0 spiro atoms. The second-order valence-corrected chi connectivity index (χ2v) is 5.05. The Morgan fingerprint density at radius 2 is 1.96 bits per heavy atom. The van der Waals surface area contributed by atoms with Crippen molar-refractivity contribution in [2.45, 2.75) is 6.92 Å². The topological polar surface area (TPSA) is 106 Å². The van der Waals surface area contributed by atoms with Gasteiger partial charge in [-0.3, -0.25) is 4.79 Å². The van der Waals surface area contributed by atoms with E-state index in [1.165, 1.54) is 6.07 Å². The number of nitrogens with one attached hydrogen (secondary N) is 1. The number of phenolic OH excluding ortho intramolecular Hbond substituents is 1. The molecule has 3 aromatic rings. The first kappa shape index (κ1) is 14.6. The Bertz CT molecular complexity index is 855. The van der Waals surface area contributed by atoms with Crippen LogP contribution in [-0.4, -0.2) is 25.8 Å². The molecule has 1 heterocycles. The third-order valence-electron chi connectivity index (χ3n) is 3.23. The van der Waals surface area contributed by atoms with E-state index in [9.17, 15) is 9.90 Å². The molecule has 4 N–H and O–H groups in total. The molecular formula is C16H15N5O2. The number of hydrogen-bond donors (Lipinski definition) is 3. The molecule has 7 heteroatoms. The average Bonchev–Trinajstić information content (AvgIpc) is 2.88. The van der Waals surface area contributed by atoms with Crippen molar-refractivity contribution in [3.05, 3.63) is 59.7 Å². The Labute approximate surface area is 132 Å². The Morgan fingerprint density at radius 1 is 1.22 bits per heavy atom. The monoisotopic (exact) mass is 309 g/mol. The van der Waals surface area contributed by atoms with Gasteiger partial charge in [0.15, 0.2) is 0 Å². The number of rotatable bonds is 3. The number of benzene rings is 2. The molecule has 0 saturated carbocycles. The Hall–Kier alpha value is -3.35. The van der Waals surface area contributed by atoms with Crippen LogP contribution in [0.25, 0.3) is 0 Å². The number of phenols is 1. The minimum Gasteiger partial charge on any atom is -0.508 e. The van der Waals surface area contributed by atoms with Gasteiger partial charge in [-0.2, -0.15) is 9.67 Å². The van der Waals surface area contributed by atoms with Crippen molar-refractivity contribution in [3.8, 4) is 5.75 Å². The van der Waals surface area contributed by atoms with E-state index in [-0.39, 0.29) is 23.6 Å². The number of carbonyl (C=O) groups excluding carboxylic acids is 1.